The number of halogens is 1. The van der Waals surface area contributed by atoms with Crippen LogP contribution in [0.25, 0.3) is 0 Å². The van der Waals surface area contributed by atoms with Crippen LogP contribution in [0.5, 0.6) is 0 Å². The van der Waals surface area contributed by atoms with E-state index in [1.54, 1.807) is 0 Å². The van der Waals surface area contributed by atoms with Crippen LogP contribution < -0.4 is 0 Å². The van der Waals surface area contributed by atoms with E-state index in [1.807, 2.05) is 20.8 Å². The molecule has 0 fully saturated rings. The van der Waals surface area contributed by atoms with E-state index in [-0.39, 0.29) is 0 Å². The molecule has 0 aliphatic rings. The molecule has 0 aromatic rings. The molecule has 0 radical (unpaired) electrons. The van der Waals surface area contributed by atoms with Crippen LogP contribution in [-0.2, 0) is 0 Å². The summed E-state index contributed by atoms with van der Waals surface area (Å²) in [6, 6.07) is 0. The van der Waals surface area contributed by atoms with Gasteiger partial charge in [-0.3, -0.25) is 0 Å². The van der Waals surface area contributed by atoms with Crippen LogP contribution in [0.2, 0.25) is 0 Å². The fourth-order valence-electron chi connectivity index (χ4n) is 0.997. The number of hydrogen-bond acceptors (Lipinski definition) is 0. The summed E-state index contributed by atoms with van der Waals surface area (Å²) in [5.41, 5.74) is 0. The first-order valence-electron chi connectivity index (χ1n) is 5.45. The lowest BCUT2D eigenvalue weighted by molar-refractivity contribution is 0.296. The summed E-state index contributed by atoms with van der Waals surface area (Å²) in [4.78, 5) is 0. The molecule has 1 unspecified atom stereocenters. The predicted molar refractivity (Wildman–Crippen MR) is 55.3 cm³/mol. The molecule has 0 aromatic heterocycles. The highest BCUT2D eigenvalue weighted by Crippen LogP contribution is 2.09. The summed E-state index contributed by atoms with van der Waals surface area (Å²) in [6.07, 6.45) is 5.69. The Balaban J connectivity index is 0. The maximum absolute atomic E-state index is 12.6. The zero-order valence-corrected chi connectivity index (χ0v) is 9.20. The van der Waals surface area contributed by atoms with Crippen LogP contribution in [0.15, 0.2) is 0 Å². The first-order chi connectivity index (χ1) is 5.81. The van der Waals surface area contributed by atoms with Gasteiger partial charge in [-0.2, -0.15) is 0 Å². The largest absolute Gasteiger partial charge is 0.248 e. The van der Waals surface area contributed by atoms with Crippen molar-refractivity contribution < 1.29 is 4.39 Å². The standard InChI is InChI=1S/C9H19F.C2H6/c1-3-5-6-7-8-9(10)4-2;1-2/h9H,3-8H2,1-2H3;1-2H3. The van der Waals surface area contributed by atoms with E-state index in [2.05, 4.69) is 6.92 Å². The van der Waals surface area contributed by atoms with Crippen molar-refractivity contribution in [3.8, 4) is 0 Å². The second-order valence-electron chi connectivity index (χ2n) is 2.85. The van der Waals surface area contributed by atoms with Gasteiger partial charge in [-0.1, -0.05) is 53.4 Å². The molecule has 12 heavy (non-hydrogen) atoms. The molecule has 1 heteroatoms. The van der Waals surface area contributed by atoms with Gasteiger partial charge in [0.05, 0.1) is 6.17 Å². The number of hydrogen-bond donors (Lipinski definition) is 0. The molecule has 0 bridgehead atoms. The molecule has 0 N–H and O–H groups in total. The van der Waals surface area contributed by atoms with Gasteiger partial charge in [0.1, 0.15) is 0 Å². The van der Waals surface area contributed by atoms with Crippen molar-refractivity contribution >= 4 is 0 Å². The fourth-order valence-corrected chi connectivity index (χ4v) is 0.997. The van der Waals surface area contributed by atoms with Crippen molar-refractivity contribution in [1.29, 1.82) is 0 Å². The minimum absolute atomic E-state index is 0.545. The van der Waals surface area contributed by atoms with E-state index < -0.39 is 6.17 Å². The highest BCUT2D eigenvalue weighted by atomic mass is 19.1. The van der Waals surface area contributed by atoms with Crippen LogP contribution in [0.3, 0.4) is 0 Å². The van der Waals surface area contributed by atoms with Crippen LogP contribution in [0.1, 0.15) is 66.2 Å². The lowest BCUT2D eigenvalue weighted by Crippen LogP contribution is -1.96. The van der Waals surface area contributed by atoms with Gasteiger partial charge in [0.15, 0.2) is 0 Å². The summed E-state index contributed by atoms with van der Waals surface area (Å²) < 4.78 is 12.6. The van der Waals surface area contributed by atoms with Gasteiger partial charge in [-0.05, 0) is 12.8 Å². The van der Waals surface area contributed by atoms with E-state index in [9.17, 15) is 4.39 Å². The van der Waals surface area contributed by atoms with E-state index in [0.717, 1.165) is 12.8 Å². The Morgan fingerprint density at radius 2 is 1.58 bits per heavy atom. The van der Waals surface area contributed by atoms with Crippen molar-refractivity contribution in [3.05, 3.63) is 0 Å². The molecule has 0 amide bonds. The average Bonchev–Trinajstić information content (AvgIpc) is 2.15. The highest BCUT2D eigenvalue weighted by molar-refractivity contribution is 4.52. The normalized spacial score (nSPS) is 11.8. The average molecular weight is 176 g/mol. The van der Waals surface area contributed by atoms with Crippen molar-refractivity contribution in [2.45, 2.75) is 72.4 Å². The minimum Gasteiger partial charge on any atom is -0.248 e. The topological polar surface area (TPSA) is 0 Å². The van der Waals surface area contributed by atoms with Crippen molar-refractivity contribution in [3.63, 3.8) is 0 Å². The quantitative estimate of drug-likeness (QED) is 0.513. The van der Waals surface area contributed by atoms with E-state index in [1.165, 1.54) is 19.3 Å². The van der Waals surface area contributed by atoms with Crippen LogP contribution in [0.4, 0.5) is 4.39 Å². The lowest BCUT2D eigenvalue weighted by Gasteiger charge is -2.02. The monoisotopic (exact) mass is 176 g/mol. The van der Waals surface area contributed by atoms with Crippen LogP contribution in [-0.4, -0.2) is 6.17 Å². The Morgan fingerprint density at radius 1 is 1.00 bits per heavy atom. The van der Waals surface area contributed by atoms with E-state index >= 15 is 0 Å². The number of unbranched alkanes of at least 4 members (excludes halogenated alkanes) is 3. The summed E-state index contributed by atoms with van der Waals surface area (Å²) in [6.45, 7) is 8.08. The predicted octanol–water partition coefficient (Wildman–Crippen LogP) is 4.73. The van der Waals surface area contributed by atoms with Gasteiger partial charge in [0.2, 0.25) is 0 Å². The van der Waals surface area contributed by atoms with E-state index in [4.69, 9.17) is 0 Å². The van der Waals surface area contributed by atoms with Gasteiger partial charge in [0.25, 0.3) is 0 Å². The van der Waals surface area contributed by atoms with Gasteiger partial charge in [-0.25, -0.2) is 4.39 Å². The first kappa shape index (κ1) is 14.5. The third kappa shape index (κ3) is 12.6. The van der Waals surface area contributed by atoms with E-state index in [0.29, 0.717) is 6.42 Å². The molecule has 0 aromatic carbocycles. The van der Waals surface area contributed by atoms with Gasteiger partial charge in [-0.15, -0.1) is 0 Å². The third-order valence-electron chi connectivity index (χ3n) is 1.81. The maximum Gasteiger partial charge on any atom is 0.0999 e. The van der Waals surface area contributed by atoms with Crippen molar-refractivity contribution in [2.24, 2.45) is 0 Å². The molecule has 0 saturated heterocycles. The molecule has 0 saturated carbocycles. The van der Waals surface area contributed by atoms with Gasteiger partial charge in [0, 0.05) is 0 Å². The summed E-state index contributed by atoms with van der Waals surface area (Å²) in [5.74, 6) is 0. The second kappa shape index (κ2) is 13.5. The maximum atomic E-state index is 12.6. The molecule has 0 rings (SSSR count). The Morgan fingerprint density at radius 3 is 2.00 bits per heavy atom. The number of rotatable bonds is 6. The number of alkyl halides is 1. The molecular weight excluding hydrogens is 151 g/mol. The molecule has 0 nitrogen and oxygen atoms in total. The zero-order chi connectivity index (χ0) is 9.82. The Kier molecular flexibility index (Phi) is 16.3. The van der Waals surface area contributed by atoms with Crippen LogP contribution >= 0.6 is 0 Å². The van der Waals surface area contributed by atoms with Gasteiger partial charge >= 0.3 is 0 Å². The minimum atomic E-state index is -0.545. The molecule has 0 aliphatic heterocycles. The van der Waals surface area contributed by atoms with Gasteiger partial charge < -0.3 is 0 Å². The Labute approximate surface area is 77.6 Å². The molecule has 0 heterocycles. The second-order valence-corrected chi connectivity index (χ2v) is 2.85. The third-order valence-corrected chi connectivity index (χ3v) is 1.81. The fraction of sp³-hybridized carbons (Fsp3) is 1.00. The zero-order valence-electron chi connectivity index (χ0n) is 9.20. The highest BCUT2D eigenvalue weighted by Gasteiger charge is 2.00. The SMILES string of the molecule is CC.CCCCCCC(F)CC. The summed E-state index contributed by atoms with van der Waals surface area (Å²) >= 11 is 0. The molecule has 0 spiro atoms. The van der Waals surface area contributed by atoms with Crippen molar-refractivity contribution in [2.75, 3.05) is 0 Å². The first-order valence-corrected chi connectivity index (χ1v) is 5.45. The molecular formula is C11H25F. The Hall–Kier alpha value is -0.0700. The lowest BCUT2D eigenvalue weighted by atomic mass is 10.1. The summed E-state index contributed by atoms with van der Waals surface area (Å²) in [5, 5.41) is 0. The van der Waals surface area contributed by atoms with Crippen LogP contribution in [0, 0.1) is 0 Å². The van der Waals surface area contributed by atoms with Crippen molar-refractivity contribution in [1.82, 2.24) is 0 Å². The Bertz CT molecular complexity index is 62.0. The molecule has 0 aliphatic carbocycles. The molecule has 1 atom stereocenters. The smallest absolute Gasteiger partial charge is 0.0999 e. The molecule has 76 valence electrons. The summed E-state index contributed by atoms with van der Waals surface area (Å²) in [7, 11) is 0.